The monoisotopic (exact) mass is 326 g/mol. The zero-order valence-electron chi connectivity index (χ0n) is 9.33. The van der Waals surface area contributed by atoms with Crippen LogP contribution in [0.2, 0.25) is 0 Å². The first-order chi connectivity index (χ1) is 7.03. The smallest absolute Gasteiger partial charge is 0.319 e. The van der Waals surface area contributed by atoms with Gasteiger partial charge in [-0.1, -0.05) is 36.4 Å². The van der Waals surface area contributed by atoms with Crippen molar-refractivity contribution in [1.29, 1.82) is 0 Å². The minimum absolute atomic E-state index is 0.0932. The highest BCUT2D eigenvalue weighted by atomic mass is 127. The molecule has 1 aliphatic carbocycles. The van der Waals surface area contributed by atoms with Crippen LogP contribution in [0.4, 0.5) is 0 Å². The van der Waals surface area contributed by atoms with Crippen LogP contribution in [0.3, 0.4) is 0 Å². The second-order valence-corrected chi connectivity index (χ2v) is 5.65. The summed E-state index contributed by atoms with van der Waals surface area (Å²) in [5, 5.41) is 10.2. The molecule has 0 aromatic heterocycles. The Balaban J connectivity index is 2.54. The highest BCUT2D eigenvalue weighted by Crippen LogP contribution is 2.35. The summed E-state index contributed by atoms with van der Waals surface area (Å²) in [4.78, 5) is 11.6. The van der Waals surface area contributed by atoms with Crippen molar-refractivity contribution < 1.29 is 14.6 Å². The molecule has 1 saturated carbocycles. The molecule has 0 saturated heterocycles. The predicted molar refractivity (Wildman–Crippen MR) is 67.1 cm³/mol. The number of rotatable bonds is 4. The Morgan fingerprint density at radius 3 is 2.87 bits per heavy atom. The van der Waals surface area contributed by atoms with Crippen LogP contribution in [0, 0.1) is 0 Å². The molecule has 1 N–H and O–H groups in total. The summed E-state index contributed by atoms with van der Waals surface area (Å²) in [5.74, 6) is -0.183. The molecule has 1 fully saturated rings. The Morgan fingerprint density at radius 2 is 2.33 bits per heavy atom. The lowest BCUT2D eigenvalue weighted by Gasteiger charge is -2.28. The Labute approximate surface area is 105 Å². The second kappa shape index (κ2) is 5.48. The summed E-state index contributed by atoms with van der Waals surface area (Å²) in [6, 6.07) is 0. The fourth-order valence-electron chi connectivity index (χ4n) is 1.98. The Morgan fingerprint density at radius 1 is 1.67 bits per heavy atom. The van der Waals surface area contributed by atoms with E-state index in [1.54, 1.807) is 0 Å². The number of hydrogen-bond acceptors (Lipinski definition) is 3. The quantitative estimate of drug-likeness (QED) is 0.490. The number of hydrogen-bond donors (Lipinski definition) is 1. The summed E-state index contributed by atoms with van der Waals surface area (Å²) in [5.41, 5.74) is -0.778. The van der Waals surface area contributed by atoms with Crippen LogP contribution in [0.5, 0.6) is 0 Å². The van der Waals surface area contributed by atoms with Gasteiger partial charge in [-0.25, -0.2) is 0 Å². The Hall–Kier alpha value is 0.160. The minimum Gasteiger partial charge on any atom is -0.459 e. The largest absolute Gasteiger partial charge is 0.459 e. The maximum atomic E-state index is 11.6. The number of ether oxygens (including phenoxy) is 1. The van der Waals surface area contributed by atoms with Gasteiger partial charge >= 0.3 is 5.97 Å². The summed E-state index contributed by atoms with van der Waals surface area (Å²) >= 11 is 2.09. The van der Waals surface area contributed by atoms with Crippen LogP contribution in [0.1, 0.15) is 46.0 Å². The van der Waals surface area contributed by atoms with E-state index in [9.17, 15) is 9.90 Å². The molecule has 1 rings (SSSR count). The van der Waals surface area contributed by atoms with Crippen molar-refractivity contribution in [2.24, 2.45) is 0 Å². The van der Waals surface area contributed by atoms with Crippen LogP contribution < -0.4 is 0 Å². The molecule has 0 spiro atoms. The molecule has 15 heavy (non-hydrogen) atoms. The van der Waals surface area contributed by atoms with Crippen molar-refractivity contribution in [3.05, 3.63) is 0 Å². The summed E-state index contributed by atoms with van der Waals surface area (Å²) in [7, 11) is 0. The number of aliphatic hydroxyl groups is 1. The van der Waals surface area contributed by atoms with Crippen LogP contribution in [-0.2, 0) is 9.53 Å². The van der Waals surface area contributed by atoms with Gasteiger partial charge < -0.3 is 9.84 Å². The van der Waals surface area contributed by atoms with E-state index in [-0.39, 0.29) is 16.0 Å². The highest BCUT2D eigenvalue weighted by Gasteiger charge is 2.42. The maximum absolute atomic E-state index is 11.6. The van der Waals surface area contributed by atoms with E-state index in [1.807, 2.05) is 13.8 Å². The molecule has 0 heterocycles. The Kier molecular flexibility index (Phi) is 4.83. The van der Waals surface area contributed by atoms with Crippen molar-refractivity contribution in [3.8, 4) is 0 Å². The first kappa shape index (κ1) is 13.2. The molecule has 0 radical (unpaired) electrons. The number of carbonyl (C=O) groups excluding carboxylic acids is 1. The zero-order chi connectivity index (χ0) is 11.5. The third-order valence-corrected chi connectivity index (χ3v) is 4.55. The fraction of sp³-hybridized carbons (Fsp3) is 0.909. The number of halogens is 1. The molecule has 0 aromatic carbocycles. The van der Waals surface area contributed by atoms with E-state index in [0.717, 1.165) is 25.7 Å². The normalized spacial score (nSPS) is 32.7. The number of esters is 1. The van der Waals surface area contributed by atoms with Gasteiger partial charge in [-0.3, -0.25) is 4.79 Å². The molecular weight excluding hydrogens is 307 g/mol. The van der Waals surface area contributed by atoms with Crippen molar-refractivity contribution in [1.82, 2.24) is 0 Å². The van der Waals surface area contributed by atoms with Gasteiger partial charge in [0.25, 0.3) is 0 Å². The van der Waals surface area contributed by atoms with Gasteiger partial charge in [0.05, 0.1) is 0 Å². The fourth-order valence-corrected chi connectivity index (χ4v) is 2.12. The average Bonchev–Trinajstić information content (AvgIpc) is 2.60. The molecule has 1 aliphatic rings. The van der Waals surface area contributed by atoms with E-state index in [0.29, 0.717) is 6.42 Å². The van der Waals surface area contributed by atoms with Gasteiger partial charge in [0.1, 0.15) is 15.6 Å². The van der Waals surface area contributed by atoms with E-state index in [1.165, 1.54) is 0 Å². The van der Waals surface area contributed by atoms with Crippen molar-refractivity contribution in [3.63, 3.8) is 0 Å². The SMILES string of the molecule is CCC(I)C(=O)OC1CCCC1(O)CC. The van der Waals surface area contributed by atoms with Crippen molar-refractivity contribution >= 4 is 28.6 Å². The molecule has 0 aliphatic heterocycles. The molecule has 3 nitrogen and oxygen atoms in total. The molecule has 0 aromatic rings. The van der Waals surface area contributed by atoms with Gasteiger partial charge in [0, 0.05) is 0 Å². The summed E-state index contributed by atoms with van der Waals surface area (Å²) < 4.78 is 5.28. The standard InChI is InChI=1S/C11H19IO3/c1-3-8(12)10(13)15-9-6-5-7-11(9,14)4-2/h8-9,14H,3-7H2,1-2H3. The Bertz CT molecular complexity index is 232. The van der Waals surface area contributed by atoms with Crippen molar-refractivity contribution in [2.45, 2.75) is 61.6 Å². The van der Waals surface area contributed by atoms with Crippen LogP contribution >= 0.6 is 22.6 Å². The van der Waals surface area contributed by atoms with Gasteiger partial charge in [0.2, 0.25) is 0 Å². The third-order valence-electron chi connectivity index (χ3n) is 3.16. The topological polar surface area (TPSA) is 46.5 Å². The minimum atomic E-state index is -0.778. The van der Waals surface area contributed by atoms with Gasteiger partial charge in [0.15, 0.2) is 0 Å². The molecule has 4 heteroatoms. The van der Waals surface area contributed by atoms with Gasteiger partial charge in [-0.2, -0.15) is 0 Å². The van der Waals surface area contributed by atoms with E-state index >= 15 is 0 Å². The molecule has 3 unspecified atom stereocenters. The van der Waals surface area contributed by atoms with Crippen molar-refractivity contribution in [2.75, 3.05) is 0 Å². The second-order valence-electron chi connectivity index (χ2n) is 4.15. The van der Waals surface area contributed by atoms with Crippen LogP contribution in [0.25, 0.3) is 0 Å². The first-order valence-corrected chi connectivity index (χ1v) is 6.85. The van der Waals surface area contributed by atoms with E-state index in [4.69, 9.17) is 4.74 Å². The van der Waals surface area contributed by atoms with Gasteiger partial charge in [-0.05, 0) is 32.1 Å². The molecule has 3 atom stereocenters. The number of alkyl halides is 1. The molecular formula is C11H19IO3. The lowest BCUT2D eigenvalue weighted by molar-refractivity contribution is -0.160. The van der Waals surface area contributed by atoms with Gasteiger partial charge in [-0.15, -0.1) is 0 Å². The maximum Gasteiger partial charge on any atom is 0.319 e. The highest BCUT2D eigenvalue weighted by molar-refractivity contribution is 14.1. The number of carbonyl (C=O) groups is 1. The zero-order valence-corrected chi connectivity index (χ0v) is 11.5. The molecule has 88 valence electrons. The third kappa shape index (κ3) is 3.06. The predicted octanol–water partition coefficient (Wildman–Crippen LogP) is 2.44. The average molecular weight is 326 g/mol. The molecule has 0 amide bonds. The summed E-state index contributed by atoms with van der Waals surface area (Å²) in [6.07, 6.45) is 3.63. The first-order valence-electron chi connectivity index (χ1n) is 5.60. The lowest BCUT2D eigenvalue weighted by Crippen LogP contribution is -2.40. The summed E-state index contributed by atoms with van der Waals surface area (Å²) in [6.45, 7) is 3.90. The van der Waals surface area contributed by atoms with E-state index in [2.05, 4.69) is 22.6 Å². The lowest BCUT2D eigenvalue weighted by atomic mass is 9.97. The van der Waals surface area contributed by atoms with E-state index < -0.39 is 5.60 Å². The van der Waals surface area contributed by atoms with Crippen LogP contribution in [0.15, 0.2) is 0 Å². The van der Waals surface area contributed by atoms with Crippen LogP contribution in [-0.4, -0.2) is 26.7 Å². The molecule has 0 bridgehead atoms.